The summed E-state index contributed by atoms with van der Waals surface area (Å²) in [7, 11) is 0. The molecule has 1 aliphatic carbocycles. The molecule has 3 nitrogen and oxygen atoms in total. The lowest BCUT2D eigenvalue weighted by molar-refractivity contribution is -0.130. The highest BCUT2D eigenvalue weighted by molar-refractivity contribution is 7.11. The van der Waals surface area contributed by atoms with E-state index in [-0.39, 0.29) is 23.7 Å². The minimum Gasteiger partial charge on any atom is -0.272 e. The van der Waals surface area contributed by atoms with E-state index in [1.165, 1.54) is 15.3 Å². The van der Waals surface area contributed by atoms with Crippen molar-refractivity contribution in [1.29, 1.82) is 0 Å². The number of amides is 1. The smallest absolute Gasteiger partial charge is 0.258 e. The van der Waals surface area contributed by atoms with E-state index in [1.54, 1.807) is 27.7 Å². The molecule has 1 aliphatic heterocycles. The van der Waals surface area contributed by atoms with Crippen molar-refractivity contribution >= 4 is 52.0 Å². The van der Waals surface area contributed by atoms with Crippen LogP contribution in [-0.4, -0.2) is 22.5 Å². The molecule has 24 heavy (non-hydrogen) atoms. The van der Waals surface area contributed by atoms with Crippen LogP contribution in [0.5, 0.6) is 0 Å². The molecule has 1 saturated carbocycles. The molecular weight excluding hydrogens is 360 g/mol. The van der Waals surface area contributed by atoms with Crippen molar-refractivity contribution in [2.45, 2.75) is 25.3 Å². The summed E-state index contributed by atoms with van der Waals surface area (Å²) >= 11 is 9.25. The summed E-state index contributed by atoms with van der Waals surface area (Å²) in [6, 6.07) is 8.31. The van der Waals surface area contributed by atoms with E-state index >= 15 is 0 Å². The number of alkyl halides is 1. The van der Waals surface area contributed by atoms with Crippen molar-refractivity contribution < 1.29 is 4.79 Å². The number of nitrogens with zero attached hydrogens (tertiary/aromatic N) is 2. The summed E-state index contributed by atoms with van der Waals surface area (Å²) < 4.78 is 0. The second-order valence-electron chi connectivity index (χ2n) is 6.00. The first-order valence-corrected chi connectivity index (χ1v) is 10.3. The number of fused-ring (bicyclic) bond motifs is 1. The highest BCUT2D eigenvalue weighted by Crippen LogP contribution is 2.45. The molecule has 6 heteroatoms. The standard InChI is InChI=1S/C18H17ClN2OS2/c19-11-16(22)21-18(15-7-3-9-24-15)14-6-1-4-12(17(14)20-21)10-13-5-2-8-23-13/h2-3,5,7-10,14,18H,1,4,6,11H2/b12-10+/t14-,18-/m1/s1. The molecule has 0 saturated heterocycles. The summed E-state index contributed by atoms with van der Waals surface area (Å²) in [5.74, 6) is 0.123. The molecule has 0 radical (unpaired) electrons. The van der Waals surface area contributed by atoms with Gasteiger partial charge in [-0.25, -0.2) is 5.01 Å². The van der Waals surface area contributed by atoms with Crippen molar-refractivity contribution in [1.82, 2.24) is 5.01 Å². The Balaban J connectivity index is 1.74. The van der Waals surface area contributed by atoms with Gasteiger partial charge in [0.1, 0.15) is 5.88 Å². The second kappa shape index (κ2) is 6.82. The Morgan fingerprint density at radius 2 is 2.17 bits per heavy atom. The molecule has 0 unspecified atom stereocenters. The first-order valence-electron chi connectivity index (χ1n) is 8.02. The fourth-order valence-corrected chi connectivity index (χ4v) is 5.23. The molecule has 2 aromatic rings. The van der Waals surface area contributed by atoms with Crippen LogP contribution in [0.15, 0.2) is 45.7 Å². The Morgan fingerprint density at radius 1 is 1.33 bits per heavy atom. The van der Waals surface area contributed by atoms with Crippen LogP contribution >= 0.6 is 34.3 Å². The molecule has 2 aliphatic rings. The minimum atomic E-state index is -0.118. The third kappa shape index (κ3) is 2.85. The Hall–Kier alpha value is -1.43. The van der Waals surface area contributed by atoms with Gasteiger partial charge >= 0.3 is 0 Å². The quantitative estimate of drug-likeness (QED) is 0.680. The second-order valence-corrected chi connectivity index (χ2v) is 8.23. The van der Waals surface area contributed by atoms with E-state index in [4.69, 9.17) is 16.7 Å². The lowest BCUT2D eigenvalue weighted by Gasteiger charge is -2.28. The molecule has 0 bridgehead atoms. The molecule has 3 heterocycles. The number of halogens is 1. The minimum absolute atomic E-state index is 0.00159. The highest BCUT2D eigenvalue weighted by Gasteiger charge is 2.43. The van der Waals surface area contributed by atoms with Gasteiger partial charge in [0, 0.05) is 15.7 Å². The molecule has 4 rings (SSSR count). The lowest BCUT2D eigenvalue weighted by Crippen LogP contribution is -2.31. The number of thiophene rings is 2. The number of carbonyl (C=O) groups is 1. The first-order chi connectivity index (χ1) is 11.8. The van der Waals surface area contributed by atoms with Crippen LogP contribution in [0.25, 0.3) is 6.08 Å². The van der Waals surface area contributed by atoms with E-state index < -0.39 is 0 Å². The van der Waals surface area contributed by atoms with Gasteiger partial charge in [0.15, 0.2) is 0 Å². The van der Waals surface area contributed by atoms with Gasteiger partial charge in [0.25, 0.3) is 5.91 Å². The molecule has 0 aromatic carbocycles. The van der Waals surface area contributed by atoms with Crippen LogP contribution in [0, 0.1) is 5.92 Å². The molecule has 1 fully saturated rings. The summed E-state index contributed by atoms with van der Waals surface area (Å²) in [5.41, 5.74) is 2.34. The maximum atomic E-state index is 12.4. The molecule has 0 spiro atoms. The SMILES string of the molecule is O=C(CCl)N1N=C2/C(=C/c3cccs3)CCC[C@H]2[C@@H]1c1cccs1. The Bertz CT molecular complexity index is 780. The van der Waals surface area contributed by atoms with Crippen molar-refractivity contribution in [2.75, 3.05) is 5.88 Å². The molecule has 2 aromatic heterocycles. The van der Waals surface area contributed by atoms with E-state index in [9.17, 15) is 4.79 Å². The zero-order valence-corrected chi connectivity index (χ0v) is 15.4. The third-order valence-corrected chi connectivity index (χ3v) is 6.56. The number of hydrogen-bond acceptors (Lipinski definition) is 4. The zero-order valence-electron chi connectivity index (χ0n) is 13.0. The van der Waals surface area contributed by atoms with Crippen LogP contribution in [-0.2, 0) is 4.79 Å². The maximum Gasteiger partial charge on any atom is 0.258 e. The van der Waals surface area contributed by atoms with E-state index in [0.717, 1.165) is 25.0 Å². The van der Waals surface area contributed by atoms with Gasteiger partial charge < -0.3 is 0 Å². The summed E-state index contributed by atoms with van der Waals surface area (Å²) in [5, 5.41) is 10.5. The largest absolute Gasteiger partial charge is 0.272 e. The summed E-state index contributed by atoms with van der Waals surface area (Å²) in [6.07, 6.45) is 5.45. The Morgan fingerprint density at radius 3 is 2.88 bits per heavy atom. The number of rotatable bonds is 3. The van der Waals surface area contributed by atoms with E-state index in [0.29, 0.717) is 0 Å². The summed E-state index contributed by atoms with van der Waals surface area (Å²) in [4.78, 5) is 14.8. The maximum absolute atomic E-state index is 12.4. The van der Waals surface area contributed by atoms with Crippen LogP contribution in [0.2, 0.25) is 0 Å². The zero-order chi connectivity index (χ0) is 16.5. The normalized spacial score (nSPS) is 25.0. The van der Waals surface area contributed by atoms with Crippen molar-refractivity contribution in [3.8, 4) is 0 Å². The predicted octanol–water partition coefficient (Wildman–Crippen LogP) is 5.17. The van der Waals surface area contributed by atoms with Crippen LogP contribution < -0.4 is 0 Å². The Kier molecular flexibility index (Phi) is 4.57. The van der Waals surface area contributed by atoms with E-state index in [1.807, 2.05) is 6.07 Å². The predicted molar refractivity (Wildman–Crippen MR) is 102 cm³/mol. The van der Waals surface area contributed by atoms with Gasteiger partial charge in [-0.3, -0.25) is 4.79 Å². The molecule has 124 valence electrons. The average molecular weight is 377 g/mol. The highest BCUT2D eigenvalue weighted by atomic mass is 35.5. The number of hydrogen-bond donors (Lipinski definition) is 0. The lowest BCUT2D eigenvalue weighted by atomic mass is 9.79. The monoisotopic (exact) mass is 376 g/mol. The molecule has 1 amide bonds. The topological polar surface area (TPSA) is 32.7 Å². The molecule has 0 N–H and O–H groups in total. The fraction of sp³-hybridized carbons (Fsp3) is 0.333. The molecule has 2 atom stereocenters. The van der Waals surface area contributed by atoms with Gasteiger partial charge in [0.05, 0.1) is 11.8 Å². The van der Waals surface area contributed by atoms with Crippen molar-refractivity contribution in [2.24, 2.45) is 11.0 Å². The van der Waals surface area contributed by atoms with Gasteiger partial charge in [0.2, 0.25) is 0 Å². The summed E-state index contributed by atoms with van der Waals surface area (Å²) in [6.45, 7) is 0. The van der Waals surface area contributed by atoms with Crippen LogP contribution in [0.4, 0.5) is 0 Å². The first kappa shape index (κ1) is 16.1. The number of carbonyl (C=O) groups excluding carboxylic acids is 1. The van der Waals surface area contributed by atoms with Crippen molar-refractivity contribution in [3.63, 3.8) is 0 Å². The van der Waals surface area contributed by atoms with Gasteiger partial charge in [-0.1, -0.05) is 12.1 Å². The average Bonchev–Trinajstić information content (AvgIpc) is 3.33. The van der Waals surface area contributed by atoms with Gasteiger partial charge in [-0.2, -0.15) is 5.10 Å². The van der Waals surface area contributed by atoms with E-state index in [2.05, 4.69) is 35.0 Å². The third-order valence-electron chi connectivity index (χ3n) is 4.57. The van der Waals surface area contributed by atoms with Gasteiger partial charge in [-0.15, -0.1) is 34.3 Å². The van der Waals surface area contributed by atoms with Gasteiger partial charge in [-0.05, 0) is 53.8 Å². The molecular formula is C18H17ClN2OS2. The number of allylic oxidation sites excluding steroid dienone is 1. The van der Waals surface area contributed by atoms with Crippen LogP contribution in [0.1, 0.15) is 35.1 Å². The fourth-order valence-electron chi connectivity index (χ4n) is 3.55. The van der Waals surface area contributed by atoms with Crippen molar-refractivity contribution in [3.05, 3.63) is 50.4 Å². The Labute approximate surface area is 154 Å². The number of hydrazone groups is 1. The van der Waals surface area contributed by atoms with Crippen LogP contribution in [0.3, 0.4) is 0 Å².